The lowest BCUT2D eigenvalue weighted by molar-refractivity contribution is 0.172. The molecule has 0 saturated carbocycles. The van der Waals surface area contributed by atoms with Crippen LogP contribution in [-0.2, 0) is 4.74 Å². The van der Waals surface area contributed by atoms with Gasteiger partial charge in [0, 0.05) is 20.1 Å². The summed E-state index contributed by atoms with van der Waals surface area (Å²) in [5.74, 6) is 0.875. The normalized spacial score (nSPS) is 12.5. The Morgan fingerprint density at radius 3 is 2.62 bits per heavy atom. The lowest BCUT2D eigenvalue weighted by Crippen LogP contribution is -2.03. The molecule has 0 unspecified atom stereocenters. The van der Waals surface area contributed by atoms with Gasteiger partial charge in [-0.2, -0.15) is 0 Å². The van der Waals surface area contributed by atoms with Gasteiger partial charge in [-0.15, -0.1) is 0 Å². The van der Waals surface area contributed by atoms with Crippen LogP contribution in [0.3, 0.4) is 0 Å². The summed E-state index contributed by atoms with van der Waals surface area (Å²) < 4.78 is 10.6. The third kappa shape index (κ3) is 3.83. The highest BCUT2D eigenvalue weighted by atomic mass is 16.5. The number of ether oxygens (including phenoxy) is 2. The molecule has 0 bridgehead atoms. The van der Waals surface area contributed by atoms with Crippen molar-refractivity contribution >= 4 is 0 Å². The van der Waals surface area contributed by atoms with Crippen molar-refractivity contribution in [2.75, 3.05) is 20.3 Å². The van der Waals surface area contributed by atoms with Crippen LogP contribution in [0.5, 0.6) is 5.75 Å². The molecule has 1 atom stereocenters. The monoisotopic (exact) mass is 224 g/mol. The molecule has 1 aromatic rings. The van der Waals surface area contributed by atoms with Gasteiger partial charge in [0.05, 0.1) is 12.7 Å². The zero-order chi connectivity index (χ0) is 12.0. The average Bonchev–Trinajstić information content (AvgIpc) is 2.26. The second-order valence-corrected chi connectivity index (χ2v) is 3.90. The highest BCUT2D eigenvalue weighted by molar-refractivity contribution is 5.36. The Balaban J connectivity index is 2.54. The largest absolute Gasteiger partial charge is 0.493 e. The van der Waals surface area contributed by atoms with Crippen LogP contribution in [0.2, 0.25) is 0 Å². The van der Waals surface area contributed by atoms with Crippen LogP contribution in [0, 0.1) is 6.92 Å². The Labute approximate surface area is 97.0 Å². The van der Waals surface area contributed by atoms with E-state index in [2.05, 4.69) is 0 Å². The summed E-state index contributed by atoms with van der Waals surface area (Å²) in [5.41, 5.74) is 1.97. The van der Waals surface area contributed by atoms with E-state index in [0.29, 0.717) is 13.2 Å². The molecule has 0 spiro atoms. The summed E-state index contributed by atoms with van der Waals surface area (Å²) in [4.78, 5) is 0. The van der Waals surface area contributed by atoms with E-state index in [4.69, 9.17) is 9.47 Å². The molecule has 1 aromatic carbocycles. The van der Waals surface area contributed by atoms with Crippen LogP contribution in [0.4, 0.5) is 0 Å². The molecule has 0 amide bonds. The molecule has 16 heavy (non-hydrogen) atoms. The molecule has 90 valence electrons. The highest BCUT2D eigenvalue weighted by Crippen LogP contribution is 2.22. The van der Waals surface area contributed by atoms with Crippen molar-refractivity contribution in [3.8, 4) is 5.75 Å². The van der Waals surface area contributed by atoms with Crippen LogP contribution in [-0.4, -0.2) is 25.4 Å². The smallest absolute Gasteiger partial charge is 0.122 e. The van der Waals surface area contributed by atoms with Crippen molar-refractivity contribution in [1.29, 1.82) is 0 Å². The molecule has 0 aliphatic heterocycles. The Morgan fingerprint density at radius 2 is 2.06 bits per heavy atom. The maximum atomic E-state index is 9.43. The molecule has 0 saturated heterocycles. The van der Waals surface area contributed by atoms with Crippen molar-refractivity contribution in [2.24, 2.45) is 0 Å². The van der Waals surface area contributed by atoms with Crippen molar-refractivity contribution in [2.45, 2.75) is 26.4 Å². The standard InChI is InChI=1S/C13H20O3/c1-10-9-12(11(2)14)5-6-13(10)16-8-4-7-15-3/h5-6,9,11,14H,4,7-8H2,1-3H3/t11-/m0/s1. The fourth-order valence-electron chi connectivity index (χ4n) is 1.48. The van der Waals surface area contributed by atoms with Crippen LogP contribution in [0.1, 0.15) is 30.6 Å². The Hall–Kier alpha value is -1.06. The van der Waals surface area contributed by atoms with Crippen molar-refractivity contribution in [1.82, 2.24) is 0 Å². The lowest BCUT2D eigenvalue weighted by Gasteiger charge is -2.11. The van der Waals surface area contributed by atoms with E-state index in [-0.39, 0.29) is 0 Å². The van der Waals surface area contributed by atoms with E-state index in [9.17, 15) is 5.11 Å². The van der Waals surface area contributed by atoms with Crippen molar-refractivity contribution in [3.63, 3.8) is 0 Å². The van der Waals surface area contributed by atoms with Crippen LogP contribution in [0.25, 0.3) is 0 Å². The Morgan fingerprint density at radius 1 is 1.31 bits per heavy atom. The Kier molecular flexibility index (Phi) is 5.29. The fourth-order valence-corrected chi connectivity index (χ4v) is 1.48. The molecular weight excluding hydrogens is 204 g/mol. The van der Waals surface area contributed by atoms with Crippen LogP contribution >= 0.6 is 0 Å². The van der Waals surface area contributed by atoms with Crippen LogP contribution < -0.4 is 4.74 Å². The van der Waals surface area contributed by atoms with Gasteiger partial charge < -0.3 is 14.6 Å². The topological polar surface area (TPSA) is 38.7 Å². The molecule has 0 heterocycles. The number of rotatable bonds is 6. The minimum Gasteiger partial charge on any atom is -0.493 e. The zero-order valence-corrected chi connectivity index (χ0v) is 10.2. The SMILES string of the molecule is COCCCOc1ccc([C@H](C)O)cc1C. The van der Waals surface area contributed by atoms with Crippen molar-refractivity contribution < 1.29 is 14.6 Å². The van der Waals surface area contributed by atoms with Gasteiger partial charge in [0.15, 0.2) is 0 Å². The number of aliphatic hydroxyl groups is 1. The van der Waals surface area contributed by atoms with Crippen LogP contribution in [0.15, 0.2) is 18.2 Å². The predicted octanol–water partition coefficient (Wildman–Crippen LogP) is 2.46. The predicted molar refractivity (Wildman–Crippen MR) is 63.8 cm³/mol. The second kappa shape index (κ2) is 6.51. The van der Waals surface area contributed by atoms with Crippen molar-refractivity contribution in [3.05, 3.63) is 29.3 Å². The lowest BCUT2D eigenvalue weighted by atomic mass is 10.1. The van der Waals surface area contributed by atoms with E-state index in [0.717, 1.165) is 23.3 Å². The van der Waals surface area contributed by atoms with Gasteiger partial charge in [0.25, 0.3) is 0 Å². The summed E-state index contributed by atoms with van der Waals surface area (Å²) in [6.45, 7) is 5.11. The van der Waals surface area contributed by atoms with E-state index < -0.39 is 6.10 Å². The van der Waals surface area contributed by atoms with Gasteiger partial charge in [-0.25, -0.2) is 0 Å². The van der Waals surface area contributed by atoms with E-state index >= 15 is 0 Å². The number of aliphatic hydroxyl groups excluding tert-OH is 1. The molecule has 1 rings (SSSR count). The number of benzene rings is 1. The number of methoxy groups -OCH3 is 1. The quantitative estimate of drug-likeness (QED) is 0.754. The molecule has 3 heteroatoms. The Bertz CT molecular complexity index is 321. The molecule has 0 aromatic heterocycles. The number of hydrogen-bond acceptors (Lipinski definition) is 3. The van der Waals surface area contributed by atoms with Gasteiger partial charge in [0.2, 0.25) is 0 Å². The molecule has 3 nitrogen and oxygen atoms in total. The maximum Gasteiger partial charge on any atom is 0.122 e. The van der Waals surface area contributed by atoms with Gasteiger partial charge in [-0.3, -0.25) is 0 Å². The summed E-state index contributed by atoms with van der Waals surface area (Å²) in [6, 6.07) is 5.75. The molecule has 0 aliphatic carbocycles. The third-order valence-corrected chi connectivity index (χ3v) is 2.43. The minimum atomic E-state index is -0.429. The first-order valence-corrected chi connectivity index (χ1v) is 5.55. The van der Waals surface area contributed by atoms with E-state index in [1.54, 1.807) is 14.0 Å². The first kappa shape index (κ1) is 13.0. The van der Waals surface area contributed by atoms with E-state index in [1.165, 1.54) is 0 Å². The fraction of sp³-hybridized carbons (Fsp3) is 0.538. The number of aryl methyl sites for hydroxylation is 1. The average molecular weight is 224 g/mol. The molecular formula is C13H20O3. The zero-order valence-electron chi connectivity index (χ0n) is 10.2. The first-order chi connectivity index (χ1) is 7.65. The second-order valence-electron chi connectivity index (χ2n) is 3.90. The molecule has 1 N–H and O–H groups in total. The van der Waals surface area contributed by atoms with Gasteiger partial charge >= 0.3 is 0 Å². The van der Waals surface area contributed by atoms with Gasteiger partial charge in [-0.05, 0) is 37.1 Å². The minimum absolute atomic E-state index is 0.429. The first-order valence-electron chi connectivity index (χ1n) is 5.55. The summed E-state index contributed by atoms with van der Waals surface area (Å²) in [6.07, 6.45) is 0.454. The molecule has 0 fully saturated rings. The van der Waals surface area contributed by atoms with Gasteiger partial charge in [0.1, 0.15) is 5.75 Å². The number of hydrogen-bond donors (Lipinski definition) is 1. The van der Waals surface area contributed by atoms with Gasteiger partial charge in [-0.1, -0.05) is 6.07 Å². The summed E-state index contributed by atoms with van der Waals surface area (Å²) >= 11 is 0. The summed E-state index contributed by atoms with van der Waals surface area (Å²) in [5, 5.41) is 9.43. The molecule has 0 aliphatic rings. The molecule has 0 radical (unpaired) electrons. The highest BCUT2D eigenvalue weighted by Gasteiger charge is 2.04. The van der Waals surface area contributed by atoms with E-state index in [1.807, 2.05) is 25.1 Å². The third-order valence-electron chi connectivity index (χ3n) is 2.43. The summed E-state index contributed by atoms with van der Waals surface area (Å²) in [7, 11) is 1.68. The maximum absolute atomic E-state index is 9.43.